The van der Waals surface area contributed by atoms with E-state index in [0.29, 0.717) is 12.8 Å². The molecule has 1 N–H and O–H groups in total. The predicted octanol–water partition coefficient (Wildman–Crippen LogP) is 1.53. The highest BCUT2D eigenvalue weighted by molar-refractivity contribution is 7.86. The van der Waals surface area contributed by atoms with E-state index in [9.17, 15) is 17.4 Å². The lowest BCUT2D eigenvalue weighted by Gasteiger charge is -2.27. The maximum atomic E-state index is 12.7. The maximum Gasteiger partial charge on any atom is 0.268 e. The summed E-state index contributed by atoms with van der Waals surface area (Å²) in [6.45, 7) is 0. The molecule has 1 aromatic heterocycles. The lowest BCUT2D eigenvalue weighted by molar-refractivity contribution is 0.385. The summed E-state index contributed by atoms with van der Waals surface area (Å²) in [7, 11) is -4.11. The van der Waals surface area contributed by atoms with Crippen LogP contribution in [0.3, 0.4) is 0 Å². The smallest absolute Gasteiger partial charge is 0.268 e. The van der Waals surface area contributed by atoms with Crippen molar-refractivity contribution in [3.05, 3.63) is 24.0 Å². The molecule has 7 heteroatoms. The molecule has 1 saturated carbocycles. The average molecular weight is 260 g/mol. The molecule has 0 amide bonds. The fourth-order valence-electron chi connectivity index (χ4n) is 2.26. The van der Waals surface area contributed by atoms with Crippen LogP contribution in [0.25, 0.3) is 0 Å². The molecule has 94 valence electrons. The summed E-state index contributed by atoms with van der Waals surface area (Å²) >= 11 is 0. The van der Waals surface area contributed by atoms with Crippen LogP contribution in [0.5, 0.6) is 0 Å². The third-order valence-electron chi connectivity index (χ3n) is 3.06. The van der Waals surface area contributed by atoms with Gasteiger partial charge in [0.15, 0.2) is 5.82 Å². The Labute approximate surface area is 98.8 Å². The Balaban J connectivity index is 2.31. The highest BCUT2D eigenvalue weighted by Gasteiger charge is 2.36. The fraction of sp³-hybridized carbons (Fsp3) is 0.600. The Morgan fingerprint density at radius 1 is 1.24 bits per heavy atom. The van der Waals surface area contributed by atoms with Gasteiger partial charge in [-0.2, -0.15) is 8.42 Å². The molecule has 2 rings (SSSR count). The zero-order valence-corrected chi connectivity index (χ0v) is 9.90. The number of hydrogen-bond donors (Lipinski definition) is 1. The molecule has 0 bridgehead atoms. The summed E-state index contributed by atoms with van der Waals surface area (Å²) in [6.07, 6.45) is 4.62. The molecule has 5 nitrogen and oxygen atoms in total. The molecular weight excluding hydrogens is 247 g/mol. The minimum absolute atomic E-state index is 0.286. The van der Waals surface area contributed by atoms with Gasteiger partial charge in [0.25, 0.3) is 10.1 Å². The van der Waals surface area contributed by atoms with Gasteiger partial charge < -0.3 is 0 Å². The molecule has 0 unspecified atom stereocenters. The van der Waals surface area contributed by atoms with E-state index in [1.165, 1.54) is 0 Å². The number of halogens is 1. The van der Waals surface area contributed by atoms with Gasteiger partial charge >= 0.3 is 0 Å². The van der Waals surface area contributed by atoms with E-state index in [-0.39, 0.29) is 5.82 Å². The molecular formula is C10H13FN2O3S. The second-order valence-electron chi connectivity index (χ2n) is 4.20. The van der Waals surface area contributed by atoms with Crippen LogP contribution < -0.4 is 0 Å². The van der Waals surface area contributed by atoms with Crippen molar-refractivity contribution in [2.75, 3.05) is 0 Å². The van der Waals surface area contributed by atoms with Gasteiger partial charge in [-0.15, -0.1) is 0 Å². The van der Waals surface area contributed by atoms with Crippen molar-refractivity contribution in [2.45, 2.75) is 36.9 Å². The zero-order chi connectivity index (χ0) is 12.5. The number of nitrogens with zero attached hydrogens (tertiary/aromatic N) is 2. The van der Waals surface area contributed by atoms with Crippen LogP contribution in [0.2, 0.25) is 0 Å². The van der Waals surface area contributed by atoms with Crippen molar-refractivity contribution in [1.29, 1.82) is 0 Å². The standard InChI is InChI=1S/C10H13FN2O3S/c11-7-5-12-10(13-6-7)8-3-1-2-4-9(8)17(14,15)16/h5-6,8-9H,1-4H2,(H,14,15,16)/t8-,9-/m1/s1. The van der Waals surface area contributed by atoms with E-state index >= 15 is 0 Å². The SMILES string of the molecule is O=S(=O)(O)[C@@H]1CCCC[C@H]1c1ncc(F)cn1. The van der Waals surface area contributed by atoms with Crippen molar-refractivity contribution in [3.8, 4) is 0 Å². The Kier molecular flexibility index (Phi) is 3.39. The van der Waals surface area contributed by atoms with E-state index in [1.54, 1.807) is 0 Å². The molecule has 17 heavy (non-hydrogen) atoms. The Bertz CT molecular complexity index is 489. The van der Waals surface area contributed by atoms with E-state index in [2.05, 4.69) is 9.97 Å². The first-order valence-corrected chi connectivity index (χ1v) is 6.92. The van der Waals surface area contributed by atoms with Crippen molar-refractivity contribution in [2.24, 2.45) is 0 Å². The minimum atomic E-state index is -4.11. The average Bonchev–Trinajstić information content (AvgIpc) is 2.29. The summed E-state index contributed by atoms with van der Waals surface area (Å²) in [5.41, 5.74) is 0. The van der Waals surface area contributed by atoms with Crippen LogP contribution in [0, 0.1) is 5.82 Å². The Morgan fingerprint density at radius 2 is 1.82 bits per heavy atom. The molecule has 1 heterocycles. The highest BCUT2D eigenvalue weighted by atomic mass is 32.2. The van der Waals surface area contributed by atoms with Crippen LogP contribution >= 0.6 is 0 Å². The van der Waals surface area contributed by atoms with Crippen LogP contribution in [0.1, 0.15) is 37.4 Å². The zero-order valence-electron chi connectivity index (χ0n) is 9.08. The summed E-state index contributed by atoms with van der Waals surface area (Å²) in [6, 6.07) is 0. The third kappa shape index (κ3) is 2.78. The molecule has 1 aromatic rings. The van der Waals surface area contributed by atoms with E-state index < -0.39 is 27.1 Å². The van der Waals surface area contributed by atoms with Gasteiger partial charge in [0.05, 0.1) is 17.6 Å². The molecule has 0 radical (unpaired) electrons. The molecule has 0 aliphatic heterocycles. The molecule has 0 saturated heterocycles. The molecule has 0 aromatic carbocycles. The first-order valence-electron chi connectivity index (χ1n) is 5.42. The summed E-state index contributed by atoms with van der Waals surface area (Å²) in [5.74, 6) is -0.721. The number of rotatable bonds is 2. The monoisotopic (exact) mass is 260 g/mol. The predicted molar refractivity (Wildman–Crippen MR) is 58.5 cm³/mol. The topological polar surface area (TPSA) is 80.2 Å². The van der Waals surface area contributed by atoms with Gasteiger partial charge in [0.2, 0.25) is 0 Å². The summed E-state index contributed by atoms with van der Waals surface area (Å²) in [5, 5.41) is -0.873. The molecule has 1 fully saturated rings. The minimum Gasteiger partial charge on any atom is -0.285 e. The lowest BCUT2D eigenvalue weighted by atomic mass is 9.88. The van der Waals surface area contributed by atoms with E-state index in [4.69, 9.17) is 0 Å². The van der Waals surface area contributed by atoms with Gasteiger partial charge in [0, 0.05) is 5.92 Å². The summed E-state index contributed by atoms with van der Waals surface area (Å²) < 4.78 is 44.4. The molecule has 1 aliphatic carbocycles. The second-order valence-corrected chi connectivity index (χ2v) is 5.84. The first-order chi connectivity index (χ1) is 7.98. The van der Waals surface area contributed by atoms with E-state index in [1.807, 2.05) is 0 Å². The quantitative estimate of drug-likeness (QED) is 0.816. The van der Waals surface area contributed by atoms with Gasteiger partial charge in [-0.3, -0.25) is 4.55 Å². The Morgan fingerprint density at radius 3 is 2.41 bits per heavy atom. The maximum absolute atomic E-state index is 12.7. The van der Waals surface area contributed by atoms with Gasteiger partial charge in [-0.05, 0) is 12.8 Å². The van der Waals surface area contributed by atoms with Crippen molar-refractivity contribution in [1.82, 2.24) is 9.97 Å². The van der Waals surface area contributed by atoms with E-state index in [0.717, 1.165) is 25.2 Å². The largest absolute Gasteiger partial charge is 0.285 e. The molecule has 0 spiro atoms. The van der Waals surface area contributed by atoms with Gasteiger partial charge in [-0.1, -0.05) is 12.8 Å². The van der Waals surface area contributed by atoms with Crippen molar-refractivity contribution >= 4 is 10.1 Å². The van der Waals surface area contributed by atoms with Crippen molar-refractivity contribution in [3.63, 3.8) is 0 Å². The Hall–Kier alpha value is -1.08. The van der Waals surface area contributed by atoms with Crippen LogP contribution in [0.15, 0.2) is 12.4 Å². The third-order valence-corrected chi connectivity index (χ3v) is 4.39. The van der Waals surface area contributed by atoms with Crippen LogP contribution in [-0.4, -0.2) is 28.2 Å². The fourth-order valence-corrected chi connectivity index (χ4v) is 3.40. The van der Waals surface area contributed by atoms with Crippen LogP contribution in [0.4, 0.5) is 4.39 Å². The first kappa shape index (κ1) is 12.4. The number of hydrogen-bond acceptors (Lipinski definition) is 4. The second kappa shape index (κ2) is 4.66. The highest BCUT2D eigenvalue weighted by Crippen LogP contribution is 2.34. The number of aromatic nitrogens is 2. The molecule has 1 aliphatic rings. The van der Waals surface area contributed by atoms with Crippen molar-refractivity contribution < 1.29 is 17.4 Å². The molecule has 2 atom stereocenters. The summed E-state index contributed by atoms with van der Waals surface area (Å²) in [4.78, 5) is 7.61. The van der Waals surface area contributed by atoms with Gasteiger partial charge in [-0.25, -0.2) is 14.4 Å². The van der Waals surface area contributed by atoms with Crippen LogP contribution in [-0.2, 0) is 10.1 Å². The lowest BCUT2D eigenvalue weighted by Crippen LogP contribution is -2.32. The van der Waals surface area contributed by atoms with Gasteiger partial charge in [0.1, 0.15) is 5.82 Å². The normalized spacial score (nSPS) is 25.8.